The number of rotatable bonds is 12. The summed E-state index contributed by atoms with van der Waals surface area (Å²) in [5.41, 5.74) is 3.73. The van der Waals surface area contributed by atoms with Crippen molar-refractivity contribution >= 4 is 64.9 Å². The predicted molar refractivity (Wildman–Crippen MR) is 392 cm³/mol. The van der Waals surface area contributed by atoms with Crippen molar-refractivity contribution in [1.82, 2.24) is 44.6 Å². The molecule has 0 unspecified atom stereocenters. The van der Waals surface area contributed by atoms with Gasteiger partial charge in [-0.1, -0.05) is 71.1 Å². The largest absolute Gasteiger partial charge is 0.460 e. The van der Waals surface area contributed by atoms with Gasteiger partial charge >= 0.3 is 12.1 Å². The van der Waals surface area contributed by atoms with E-state index in [-0.39, 0.29) is 67.4 Å². The number of piperazine rings is 2. The first-order valence-electron chi connectivity index (χ1n) is 37.8. The number of amides is 3. The van der Waals surface area contributed by atoms with Crippen molar-refractivity contribution in [3.05, 3.63) is 101 Å². The number of ketones is 4. The number of aliphatic hydroxyl groups excluding tert-OH is 1. The van der Waals surface area contributed by atoms with E-state index in [4.69, 9.17) is 38.4 Å². The average Bonchev–Trinajstić information content (AvgIpc) is 0.778. The number of carbonyl (C=O) groups is 8. The van der Waals surface area contributed by atoms with Crippen LogP contribution in [-0.2, 0) is 65.4 Å². The minimum atomic E-state index is -2.48. The summed E-state index contributed by atoms with van der Waals surface area (Å²) in [5.74, 6) is -7.28. The van der Waals surface area contributed by atoms with Crippen LogP contribution in [0.5, 0.6) is 0 Å². The second kappa shape index (κ2) is 36.5. The van der Waals surface area contributed by atoms with Crippen molar-refractivity contribution in [2.75, 3.05) is 101 Å². The van der Waals surface area contributed by atoms with Crippen LogP contribution in [0.4, 0.5) is 22.6 Å². The third-order valence-electron chi connectivity index (χ3n) is 22.5. The fourth-order valence-corrected chi connectivity index (χ4v) is 15.7. The standard InChI is InChI=1S/C78H108N12O16/c1-47-17-13-12-14-18-48(2)64(101-9)39-59-22-20-53(7)78(100,106-59)70(95)72(97)90-25-16-15-19-61(90)73(98)104-65(40-62(92)49(3)36-52(6)68(94)69(103-11)67(93)51(5)35-47)50(4)37-55-21-23-63(66(38-55)102-10)105-77(99)89-26-24-60-58(46-89)45-83-76(84-60)88-33-31-87(32-34-88)75-81-43-57(44-82-75)71(96)85-27-29-86(30-28-85)74-79-41-56(42-80-74)54(8)91/h12-14,17-18,36,41-45,47,49-51,53,55,59,61,63-66,68-69,94,100H,15-16,19-35,37-40,46H2,1-11H3/b14-12+,17-13+,48-18+,52-36+/t47-,49-,50-,51-,53-,55+,59+,61+,63-,64+,65+,66-,68-,69+,78-/m1/s1. The van der Waals surface area contributed by atoms with Crippen LogP contribution in [0.25, 0.3) is 0 Å². The Balaban J connectivity index is 0.755. The summed E-state index contributed by atoms with van der Waals surface area (Å²) in [6.07, 6.45) is 18.0. The number of carbonyl (C=O) groups excluding carboxylic acids is 8. The highest BCUT2D eigenvalue weighted by molar-refractivity contribution is 6.39. The summed E-state index contributed by atoms with van der Waals surface area (Å²) >= 11 is 0. The third-order valence-corrected chi connectivity index (χ3v) is 22.5. The zero-order valence-electron chi connectivity index (χ0n) is 63.4. The number of hydrogen-bond donors (Lipinski definition) is 2. The molecular weight excluding hydrogens is 1360 g/mol. The van der Waals surface area contributed by atoms with Crippen molar-refractivity contribution in [3.63, 3.8) is 0 Å². The Kier molecular flexibility index (Phi) is 27.7. The number of esters is 1. The molecule has 576 valence electrons. The van der Waals surface area contributed by atoms with Crippen LogP contribution in [-0.4, -0.2) is 243 Å². The molecule has 28 heteroatoms. The van der Waals surface area contributed by atoms with Crippen LogP contribution in [0.3, 0.4) is 0 Å². The van der Waals surface area contributed by atoms with Gasteiger partial charge in [-0.25, -0.2) is 39.5 Å². The number of hydrogen-bond acceptors (Lipinski definition) is 25. The molecule has 3 aromatic rings. The smallest absolute Gasteiger partial charge is 0.410 e. The molecule has 15 atom stereocenters. The second-order valence-electron chi connectivity index (χ2n) is 30.1. The molecule has 0 radical (unpaired) electrons. The molecule has 0 aromatic carbocycles. The maximum atomic E-state index is 14.8. The van der Waals surface area contributed by atoms with Gasteiger partial charge < -0.3 is 68.0 Å². The lowest BCUT2D eigenvalue weighted by molar-refractivity contribution is -0.265. The fraction of sp³-hybridized carbons (Fsp3) is 0.641. The summed E-state index contributed by atoms with van der Waals surface area (Å²) in [4.78, 5) is 150. The molecule has 6 aliphatic heterocycles. The molecule has 3 amide bonds. The Labute approximate surface area is 621 Å². The van der Waals surface area contributed by atoms with Crippen molar-refractivity contribution in [3.8, 4) is 0 Å². The van der Waals surface area contributed by atoms with Gasteiger partial charge in [0.15, 0.2) is 11.6 Å². The molecule has 4 saturated heterocycles. The molecule has 7 aliphatic rings. The number of aliphatic hydroxyl groups is 2. The number of nitrogens with zero attached hydrogens (tertiary/aromatic N) is 12. The molecule has 1 saturated carbocycles. The monoisotopic (exact) mass is 1470 g/mol. The number of Topliss-reactive ketones (excluding diaryl/α,β-unsaturated/α-hetero) is 4. The number of fused-ring (bicyclic) bond motifs is 4. The molecule has 9 heterocycles. The summed E-state index contributed by atoms with van der Waals surface area (Å²) in [6, 6.07) is -1.21. The molecule has 0 spiro atoms. The number of cyclic esters (lactones) is 1. The lowest BCUT2D eigenvalue weighted by atomic mass is 9.78. The minimum Gasteiger partial charge on any atom is -0.460 e. The predicted octanol–water partition coefficient (Wildman–Crippen LogP) is 7.24. The molecule has 1 aliphatic carbocycles. The first kappa shape index (κ1) is 80.3. The maximum Gasteiger partial charge on any atom is 0.410 e. The van der Waals surface area contributed by atoms with Gasteiger partial charge in [0.1, 0.15) is 36.2 Å². The summed E-state index contributed by atoms with van der Waals surface area (Å²) in [7, 11) is 4.52. The van der Waals surface area contributed by atoms with E-state index in [1.807, 2.05) is 56.1 Å². The molecule has 10 rings (SSSR count). The van der Waals surface area contributed by atoms with Crippen molar-refractivity contribution in [2.24, 2.45) is 35.5 Å². The highest BCUT2D eigenvalue weighted by atomic mass is 16.6. The lowest BCUT2D eigenvalue weighted by Gasteiger charge is -2.42. The van der Waals surface area contributed by atoms with E-state index in [0.29, 0.717) is 158 Å². The van der Waals surface area contributed by atoms with Crippen LogP contribution in [0, 0.1) is 35.5 Å². The minimum absolute atomic E-state index is 0.0182. The highest BCUT2D eigenvalue weighted by Crippen LogP contribution is 2.39. The second-order valence-corrected chi connectivity index (χ2v) is 30.1. The lowest BCUT2D eigenvalue weighted by Crippen LogP contribution is -2.61. The first-order chi connectivity index (χ1) is 50.8. The fourth-order valence-electron chi connectivity index (χ4n) is 15.7. The number of piperidine rings is 1. The molecular formula is C78H108N12O16. The maximum absolute atomic E-state index is 14.8. The molecule has 28 nitrogen and oxygen atoms in total. The van der Waals surface area contributed by atoms with E-state index in [1.165, 1.54) is 31.3 Å². The first-order valence-corrected chi connectivity index (χ1v) is 37.8. The molecule has 5 fully saturated rings. The Bertz CT molecular complexity index is 3730. The average molecular weight is 1470 g/mol. The van der Waals surface area contributed by atoms with Crippen LogP contribution in [0.15, 0.2) is 78.6 Å². The van der Waals surface area contributed by atoms with Gasteiger partial charge in [0.25, 0.3) is 17.6 Å². The van der Waals surface area contributed by atoms with Gasteiger partial charge in [-0.3, -0.25) is 28.8 Å². The van der Waals surface area contributed by atoms with E-state index < -0.39 is 102 Å². The van der Waals surface area contributed by atoms with E-state index >= 15 is 0 Å². The number of ether oxygens (including phenoxy) is 6. The SMILES string of the molecule is CO[C@H]1C[C@@H]2CC[C@@H](C)[C@@](O)(O2)C(=O)C(=O)N2CCCC[C@H]2C(=O)O[C@H]([C@H](C)C[C@@H]2CC[C@@H](OC(=O)N3CCc4nc(N5CCN(c6ncc(C(=O)N7CCN(c8ncc(C(C)=O)cn8)CC7)cn6)CC5)ncc4C3)[C@H](OC)C2)CC(=O)[C@H](C)/C=C(\C)[C@@H](O)[C@@H](OC)C(=O)[C@H](C)C[C@H](C)/C=C/C=C/C=C/1C. The van der Waals surface area contributed by atoms with Crippen molar-refractivity contribution in [1.29, 1.82) is 0 Å². The van der Waals surface area contributed by atoms with E-state index in [0.717, 1.165) is 16.8 Å². The van der Waals surface area contributed by atoms with E-state index in [1.54, 1.807) is 76.4 Å². The number of anilines is 3. The zero-order valence-corrected chi connectivity index (χ0v) is 63.4. The normalized spacial score (nSPS) is 31.6. The highest BCUT2D eigenvalue weighted by Gasteiger charge is 2.53. The Morgan fingerprint density at radius 3 is 1.99 bits per heavy atom. The zero-order chi connectivity index (χ0) is 76.1. The Morgan fingerprint density at radius 1 is 0.689 bits per heavy atom. The van der Waals surface area contributed by atoms with Gasteiger partial charge in [-0.15, -0.1) is 0 Å². The van der Waals surface area contributed by atoms with Crippen molar-refractivity contribution < 1.29 is 77.0 Å². The quantitative estimate of drug-likeness (QED) is 0.0780. The van der Waals surface area contributed by atoms with Gasteiger partial charge in [-0.2, -0.15) is 0 Å². The number of methoxy groups -OCH3 is 3. The summed E-state index contributed by atoms with van der Waals surface area (Å²) in [5, 5.41) is 23.8. The van der Waals surface area contributed by atoms with Gasteiger partial charge in [-0.05, 0) is 114 Å². The summed E-state index contributed by atoms with van der Waals surface area (Å²) in [6.45, 7) is 19.2. The van der Waals surface area contributed by atoms with Gasteiger partial charge in [0.05, 0.1) is 41.7 Å². The van der Waals surface area contributed by atoms with E-state index in [2.05, 4.69) is 29.7 Å². The van der Waals surface area contributed by atoms with Gasteiger partial charge in [0.2, 0.25) is 23.6 Å². The molecule has 3 aromatic heterocycles. The van der Waals surface area contributed by atoms with Crippen LogP contribution >= 0.6 is 0 Å². The topological polar surface area (TPSA) is 329 Å². The molecule has 2 N–H and O–H groups in total. The number of aromatic nitrogens is 6. The summed E-state index contributed by atoms with van der Waals surface area (Å²) < 4.78 is 36.5. The Morgan fingerprint density at radius 2 is 1.34 bits per heavy atom. The van der Waals surface area contributed by atoms with Crippen LogP contribution in [0.1, 0.15) is 164 Å². The van der Waals surface area contributed by atoms with E-state index in [9.17, 15) is 48.6 Å². The van der Waals surface area contributed by atoms with Crippen LogP contribution < -0.4 is 14.7 Å². The number of allylic oxidation sites excluding steroid dienone is 6. The third kappa shape index (κ3) is 19.5. The van der Waals surface area contributed by atoms with Crippen molar-refractivity contribution in [2.45, 2.75) is 200 Å². The van der Waals surface area contributed by atoms with Crippen LogP contribution in [0.2, 0.25) is 0 Å². The molecule has 2 bridgehead atoms. The van der Waals surface area contributed by atoms with Gasteiger partial charge in [0, 0.05) is 160 Å². The molecule has 106 heavy (non-hydrogen) atoms. The Hall–Kier alpha value is -8.28.